The lowest BCUT2D eigenvalue weighted by Gasteiger charge is -1.98. The van der Waals surface area contributed by atoms with E-state index in [1.165, 1.54) is 6.07 Å². The Morgan fingerprint density at radius 2 is 2.18 bits per heavy atom. The van der Waals surface area contributed by atoms with Crippen LogP contribution in [-0.4, -0.2) is 26.3 Å². The van der Waals surface area contributed by atoms with E-state index < -0.39 is 5.97 Å². The maximum Gasteiger partial charge on any atom is 0.353 e. The second-order valence-corrected chi connectivity index (χ2v) is 3.72. The summed E-state index contributed by atoms with van der Waals surface area (Å²) >= 11 is 0. The monoisotopic (exact) mass is 227 g/mol. The average Bonchev–Trinajstić information content (AvgIpc) is 2.97. The Bertz CT molecular complexity index is 696. The fourth-order valence-electron chi connectivity index (χ4n) is 1.88. The van der Waals surface area contributed by atoms with Crippen molar-refractivity contribution in [2.45, 2.75) is 0 Å². The van der Waals surface area contributed by atoms with Crippen LogP contribution >= 0.6 is 0 Å². The number of hydrogen-bond acceptors (Lipinski definition) is 2. The molecule has 3 N–H and O–H groups in total. The van der Waals surface area contributed by atoms with Crippen LogP contribution in [0.15, 0.2) is 36.5 Å². The molecule has 0 amide bonds. The first-order chi connectivity index (χ1) is 8.25. The van der Waals surface area contributed by atoms with Crippen LogP contribution in [0, 0.1) is 0 Å². The molecule has 84 valence electrons. The van der Waals surface area contributed by atoms with Gasteiger partial charge in [0.05, 0.1) is 5.69 Å². The first-order valence-corrected chi connectivity index (χ1v) is 5.11. The first-order valence-electron chi connectivity index (χ1n) is 5.11. The van der Waals surface area contributed by atoms with Gasteiger partial charge in [-0.2, -0.15) is 5.10 Å². The fraction of sp³-hybridized carbons (Fsp3) is 0. The van der Waals surface area contributed by atoms with E-state index in [9.17, 15) is 4.79 Å². The molecule has 2 aromatic heterocycles. The lowest BCUT2D eigenvalue weighted by atomic mass is 10.1. The van der Waals surface area contributed by atoms with Crippen molar-refractivity contribution in [1.29, 1.82) is 0 Å². The van der Waals surface area contributed by atoms with Gasteiger partial charge in [-0.25, -0.2) is 4.79 Å². The Hall–Kier alpha value is -2.56. The number of aromatic nitrogens is 3. The molecule has 0 fully saturated rings. The number of benzene rings is 1. The van der Waals surface area contributed by atoms with E-state index in [4.69, 9.17) is 5.11 Å². The van der Waals surface area contributed by atoms with Crippen LogP contribution < -0.4 is 0 Å². The van der Waals surface area contributed by atoms with Gasteiger partial charge < -0.3 is 10.1 Å². The van der Waals surface area contributed by atoms with Crippen molar-refractivity contribution in [3.05, 3.63) is 42.2 Å². The standard InChI is InChI=1S/C12H9N3O2/c16-12(17)11-6-10(14-15-11)7-2-1-3-9-8(7)4-5-13-9/h1-6,13H,(H,14,15)(H,16,17). The van der Waals surface area contributed by atoms with E-state index in [1.54, 1.807) is 0 Å². The Morgan fingerprint density at radius 3 is 2.94 bits per heavy atom. The zero-order valence-electron chi connectivity index (χ0n) is 8.77. The topological polar surface area (TPSA) is 81.8 Å². The van der Waals surface area contributed by atoms with Gasteiger partial charge in [-0.05, 0) is 18.2 Å². The Labute approximate surface area is 96.1 Å². The highest BCUT2D eigenvalue weighted by atomic mass is 16.4. The molecular formula is C12H9N3O2. The van der Waals surface area contributed by atoms with Crippen LogP contribution in [-0.2, 0) is 0 Å². The second kappa shape index (κ2) is 3.48. The third-order valence-electron chi connectivity index (χ3n) is 2.68. The van der Waals surface area contributed by atoms with E-state index in [0.29, 0.717) is 5.69 Å². The number of carbonyl (C=O) groups is 1. The summed E-state index contributed by atoms with van der Waals surface area (Å²) in [6.07, 6.45) is 1.85. The summed E-state index contributed by atoms with van der Waals surface area (Å²) in [5.41, 5.74) is 2.63. The number of nitrogens with one attached hydrogen (secondary N) is 2. The predicted octanol–water partition coefficient (Wildman–Crippen LogP) is 2.26. The van der Waals surface area contributed by atoms with Gasteiger partial charge in [0.1, 0.15) is 5.69 Å². The number of fused-ring (bicyclic) bond motifs is 1. The van der Waals surface area contributed by atoms with Crippen LogP contribution in [0.4, 0.5) is 0 Å². The van der Waals surface area contributed by atoms with Crippen molar-refractivity contribution in [2.24, 2.45) is 0 Å². The molecule has 0 aliphatic carbocycles. The minimum absolute atomic E-state index is 0.0903. The molecule has 0 saturated carbocycles. The van der Waals surface area contributed by atoms with E-state index in [2.05, 4.69) is 15.2 Å². The molecule has 3 aromatic rings. The summed E-state index contributed by atoms with van der Waals surface area (Å²) < 4.78 is 0. The Balaban J connectivity index is 2.19. The van der Waals surface area contributed by atoms with Gasteiger partial charge in [-0.15, -0.1) is 0 Å². The lowest BCUT2D eigenvalue weighted by Crippen LogP contribution is -1.95. The highest BCUT2D eigenvalue weighted by Gasteiger charge is 2.11. The number of H-pyrrole nitrogens is 2. The number of hydrogen-bond donors (Lipinski definition) is 3. The van der Waals surface area contributed by atoms with Gasteiger partial charge in [-0.1, -0.05) is 12.1 Å². The van der Waals surface area contributed by atoms with Gasteiger partial charge in [0, 0.05) is 22.7 Å². The number of nitrogens with zero attached hydrogens (tertiary/aromatic N) is 1. The largest absolute Gasteiger partial charge is 0.477 e. The molecule has 2 heterocycles. The maximum absolute atomic E-state index is 10.8. The molecule has 3 rings (SSSR count). The Kier molecular flexibility index (Phi) is 1.98. The third kappa shape index (κ3) is 1.48. The number of carboxylic acids is 1. The van der Waals surface area contributed by atoms with Crippen molar-refractivity contribution in [1.82, 2.24) is 15.2 Å². The molecule has 0 saturated heterocycles. The number of carboxylic acid groups (broad SMARTS) is 1. The quantitative estimate of drug-likeness (QED) is 0.628. The van der Waals surface area contributed by atoms with Gasteiger partial charge in [-0.3, -0.25) is 5.10 Å². The molecule has 5 heteroatoms. The summed E-state index contributed by atoms with van der Waals surface area (Å²) in [7, 11) is 0. The molecule has 0 spiro atoms. The highest BCUT2D eigenvalue weighted by molar-refractivity contribution is 5.95. The van der Waals surface area contributed by atoms with E-state index >= 15 is 0 Å². The second-order valence-electron chi connectivity index (χ2n) is 3.72. The van der Waals surface area contributed by atoms with Crippen LogP contribution in [0.1, 0.15) is 10.5 Å². The summed E-state index contributed by atoms with van der Waals surface area (Å²) in [4.78, 5) is 13.9. The van der Waals surface area contributed by atoms with Crippen molar-refractivity contribution in [3.63, 3.8) is 0 Å². The van der Waals surface area contributed by atoms with Crippen molar-refractivity contribution in [3.8, 4) is 11.3 Å². The normalized spacial score (nSPS) is 10.8. The summed E-state index contributed by atoms with van der Waals surface area (Å²) in [5, 5.41) is 16.4. The molecule has 0 unspecified atom stereocenters. The van der Waals surface area contributed by atoms with Crippen molar-refractivity contribution in [2.75, 3.05) is 0 Å². The first kappa shape index (κ1) is 9.65. The molecule has 0 radical (unpaired) electrons. The average molecular weight is 227 g/mol. The van der Waals surface area contributed by atoms with Gasteiger partial charge in [0.25, 0.3) is 0 Å². The van der Waals surface area contributed by atoms with E-state index in [0.717, 1.165) is 16.5 Å². The van der Waals surface area contributed by atoms with Gasteiger partial charge in [0.15, 0.2) is 0 Å². The molecule has 0 atom stereocenters. The Morgan fingerprint density at radius 1 is 1.29 bits per heavy atom. The molecule has 5 nitrogen and oxygen atoms in total. The fourth-order valence-corrected chi connectivity index (χ4v) is 1.88. The smallest absolute Gasteiger partial charge is 0.353 e. The number of aromatic carboxylic acids is 1. The van der Waals surface area contributed by atoms with E-state index in [-0.39, 0.29) is 5.69 Å². The number of aromatic amines is 2. The molecule has 17 heavy (non-hydrogen) atoms. The number of rotatable bonds is 2. The highest BCUT2D eigenvalue weighted by Crippen LogP contribution is 2.26. The summed E-state index contributed by atoms with van der Waals surface area (Å²) in [5.74, 6) is -1.01. The van der Waals surface area contributed by atoms with E-state index in [1.807, 2.05) is 30.5 Å². The van der Waals surface area contributed by atoms with Crippen LogP contribution in [0.2, 0.25) is 0 Å². The summed E-state index contributed by atoms with van der Waals surface area (Å²) in [6.45, 7) is 0. The molecular weight excluding hydrogens is 218 g/mol. The predicted molar refractivity (Wildman–Crippen MR) is 62.8 cm³/mol. The minimum Gasteiger partial charge on any atom is -0.477 e. The molecule has 1 aromatic carbocycles. The zero-order valence-corrected chi connectivity index (χ0v) is 8.77. The van der Waals surface area contributed by atoms with Crippen LogP contribution in [0.3, 0.4) is 0 Å². The van der Waals surface area contributed by atoms with Crippen LogP contribution in [0.25, 0.3) is 22.2 Å². The van der Waals surface area contributed by atoms with Gasteiger partial charge >= 0.3 is 5.97 Å². The third-order valence-corrected chi connectivity index (χ3v) is 2.68. The SMILES string of the molecule is O=C(O)c1cc(-c2cccc3[nH]ccc23)n[nH]1. The van der Waals surface area contributed by atoms with Crippen molar-refractivity contribution >= 4 is 16.9 Å². The lowest BCUT2D eigenvalue weighted by molar-refractivity contribution is 0.0690. The minimum atomic E-state index is -1.01. The molecule has 0 bridgehead atoms. The molecule has 0 aliphatic rings. The zero-order chi connectivity index (χ0) is 11.8. The summed E-state index contributed by atoms with van der Waals surface area (Å²) in [6, 6.07) is 9.26. The maximum atomic E-state index is 10.8. The van der Waals surface area contributed by atoms with Crippen LogP contribution in [0.5, 0.6) is 0 Å². The molecule has 0 aliphatic heterocycles. The van der Waals surface area contributed by atoms with Gasteiger partial charge in [0.2, 0.25) is 0 Å². The van der Waals surface area contributed by atoms with Crippen molar-refractivity contribution < 1.29 is 9.90 Å².